The summed E-state index contributed by atoms with van der Waals surface area (Å²) in [5.41, 5.74) is 2.56. The molecule has 1 saturated carbocycles. The van der Waals surface area contributed by atoms with E-state index in [9.17, 15) is 4.79 Å². The number of hydrogen-bond acceptors (Lipinski definition) is 3. The molecule has 2 heterocycles. The topological polar surface area (TPSA) is 50.2 Å². The SMILES string of the molecule is CC(C)c1cc(C(=O)NCC2CCN(C3CC3)C2)nn1-c1ccccc1. The zero-order valence-corrected chi connectivity index (χ0v) is 15.7. The Morgan fingerprint density at radius 1 is 1.23 bits per heavy atom. The summed E-state index contributed by atoms with van der Waals surface area (Å²) in [6, 6.07) is 12.8. The van der Waals surface area contributed by atoms with Crippen LogP contribution in [-0.4, -0.2) is 46.3 Å². The van der Waals surface area contributed by atoms with E-state index in [1.54, 1.807) is 0 Å². The van der Waals surface area contributed by atoms with Gasteiger partial charge in [0.15, 0.2) is 5.69 Å². The Kier molecular flexibility index (Phi) is 4.81. The summed E-state index contributed by atoms with van der Waals surface area (Å²) in [4.78, 5) is 15.2. The zero-order valence-electron chi connectivity index (χ0n) is 15.7. The van der Waals surface area contributed by atoms with Crippen LogP contribution in [-0.2, 0) is 0 Å². The van der Waals surface area contributed by atoms with E-state index in [1.807, 2.05) is 41.1 Å². The van der Waals surface area contributed by atoms with Gasteiger partial charge in [-0.25, -0.2) is 4.68 Å². The van der Waals surface area contributed by atoms with E-state index in [1.165, 1.54) is 25.8 Å². The number of nitrogens with one attached hydrogen (secondary N) is 1. The van der Waals surface area contributed by atoms with Crippen LogP contribution in [0.2, 0.25) is 0 Å². The lowest BCUT2D eigenvalue weighted by molar-refractivity contribution is 0.0942. The van der Waals surface area contributed by atoms with Gasteiger partial charge < -0.3 is 10.2 Å². The Balaban J connectivity index is 1.42. The maximum Gasteiger partial charge on any atom is 0.271 e. The van der Waals surface area contributed by atoms with Gasteiger partial charge in [0.25, 0.3) is 5.91 Å². The van der Waals surface area contributed by atoms with Crippen molar-refractivity contribution in [1.29, 1.82) is 0 Å². The number of hydrogen-bond donors (Lipinski definition) is 1. The maximum absolute atomic E-state index is 12.6. The quantitative estimate of drug-likeness (QED) is 0.868. The van der Waals surface area contributed by atoms with Crippen molar-refractivity contribution >= 4 is 5.91 Å². The number of benzene rings is 1. The molecule has 26 heavy (non-hydrogen) atoms. The minimum absolute atomic E-state index is 0.0635. The van der Waals surface area contributed by atoms with Crippen LogP contribution in [0.5, 0.6) is 0 Å². The molecule has 1 aliphatic carbocycles. The van der Waals surface area contributed by atoms with Crippen molar-refractivity contribution in [2.24, 2.45) is 5.92 Å². The molecular formula is C21H28N4O. The molecule has 1 aliphatic heterocycles. The Morgan fingerprint density at radius 2 is 2.00 bits per heavy atom. The van der Waals surface area contributed by atoms with Crippen LogP contribution in [0.3, 0.4) is 0 Å². The van der Waals surface area contributed by atoms with Crippen LogP contribution in [0.25, 0.3) is 5.69 Å². The summed E-state index contributed by atoms with van der Waals surface area (Å²) in [7, 11) is 0. The zero-order chi connectivity index (χ0) is 18.1. The molecule has 1 aromatic heterocycles. The standard InChI is InChI=1S/C21H28N4O/c1-15(2)20-12-19(23-25(20)18-6-4-3-5-7-18)21(26)22-13-16-10-11-24(14-16)17-8-9-17/h3-7,12,15-17H,8-11,13-14H2,1-2H3,(H,22,26). The Morgan fingerprint density at radius 3 is 2.69 bits per heavy atom. The molecule has 5 heteroatoms. The first-order valence-electron chi connectivity index (χ1n) is 9.79. The number of rotatable bonds is 6. The average molecular weight is 352 g/mol. The minimum Gasteiger partial charge on any atom is -0.350 e. The van der Waals surface area contributed by atoms with E-state index in [2.05, 4.69) is 29.2 Å². The van der Waals surface area contributed by atoms with E-state index in [4.69, 9.17) is 0 Å². The number of carbonyl (C=O) groups excluding carboxylic acids is 1. The predicted octanol–water partition coefficient (Wildman–Crippen LogP) is 3.21. The largest absolute Gasteiger partial charge is 0.350 e. The monoisotopic (exact) mass is 352 g/mol. The highest BCUT2D eigenvalue weighted by Gasteiger charge is 2.34. The molecule has 1 atom stereocenters. The van der Waals surface area contributed by atoms with E-state index >= 15 is 0 Å². The van der Waals surface area contributed by atoms with Gasteiger partial charge in [0.2, 0.25) is 0 Å². The number of aromatic nitrogens is 2. The molecule has 0 bridgehead atoms. The fourth-order valence-electron chi connectivity index (χ4n) is 3.82. The van der Waals surface area contributed by atoms with Gasteiger partial charge in [-0.3, -0.25) is 4.79 Å². The summed E-state index contributed by atoms with van der Waals surface area (Å²) >= 11 is 0. The normalized spacial score (nSPS) is 20.7. The smallest absolute Gasteiger partial charge is 0.271 e. The molecule has 1 N–H and O–H groups in total. The molecule has 138 valence electrons. The first kappa shape index (κ1) is 17.3. The van der Waals surface area contributed by atoms with Crippen LogP contribution in [0.1, 0.15) is 55.2 Å². The third-order valence-electron chi connectivity index (χ3n) is 5.49. The lowest BCUT2D eigenvalue weighted by Crippen LogP contribution is -2.31. The molecule has 2 aromatic rings. The lowest BCUT2D eigenvalue weighted by atomic mass is 10.1. The third-order valence-corrected chi connectivity index (χ3v) is 5.49. The molecule has 0 radical (unpaired) electrons. The minimum atomic E-state index is -0.0635. The fourth-order valence-corrected chi connectivity index (χ4v) is 3.82. The van der Waals surface area contributed by atoms with Crippen molar-refractivity contribution in [3.63, 3.8) is 0 Å². The van der Waals surface area contributed by atoms with Gasteiger partial charge in [-0.2, -0.15) is 5.10 Å². The molecule has 5 nitrogen and oxygen atoms in total. The van der Waals surface area contributed by atoms with Crippen molar-refractivity contribution in [2.75, 3.05) is 19.6 Å². The van der Waals surface area contributed by atoms with Crippen molar-refractivity contribution in [1.82, 2.24) is 20.0 Å². The highest BCUT2D eigenvalue weighted by Crippen LogP contribution is 2.31. The van der Waals surface area contributed by atoms with Crippen LogP contribution in [0, 0.1) is 5.92 Å². The van der Waals surface area contributed by atoms with Crippen molar-refractivity contribution in [2.45, 2.75) is 45.1 Å². The lowest BCUT2D eigenvalue weighted by Gasteiger charge is -2.14. The number of nitrogens with zero attached hydrogens (tertiary/aromatic N) is 3. The van der Waals surface area contributed by atoms with E-state index in [0.29, 0.717) is 17.5 Å². The summed E-state index contributed by atoms with van der Waals surface area (Å²) < 4.78 is 1.89. The molecule has 0 spiro atoms. The molecule has 2 fully saturated rings. The number of carbonyl (C=O) groups is 1. The summed E-state index contributed by atoms with van der Waals surface area (Å²) in [6.07, 6.45) is 3.90. The van der Waals surface area contributed by atoms with Gasteiger partial charge in [-0.1, -0.05) is 32.0 Å². The predicted molar refractivity (Wildman–Crippen MR) is 103 cm³/mol. The van der Waals surface area contributed by atoms with Crippen LogP contribution < -0.4 is 5.32 Å². The molecule has 1 unspecified atom stereocenters. The van der Waals surface area contributed by atoms with Crippen LogP contribution in [0.15, 0.2) is 36.4 Å². The Hall–Kier alpha value is -2.14. The molecule has 1 amide bonds. The maximum atomic E-state index is 12.6. The van der Waals surface area contributed by atoms with E-state index in [-0.39, 0.29) is 5.91 Å². The Bertz CT molecular complexity index is 764. The first-order chi connectivity index (χ1) is 12.6. The number of amides is 1. The van der Waals surface area contributed by atoms with Gasteiger partial charge in [0.1, 0.15) is 0 Å². The van der Waals surface area contributed by atoms with Gasteiger partial charge in [-0.05, 0) is 55.8 Å². The fraction of sp³-hybridized carbons (Fsp3) is 0.524. The highest BCUT2D eigenvalue weighted by atomic mass is 16.1. The average Bonchev–Trinajstić information content (AvgIpc) is 3.22. The number of para-hydroxylation sites is 1. The van der Waals surface area contributed by atoms with Gasteiger partial charge in [0, 0.05) is 24.8 Å². The summed E-state index contributed by atoms with van der Waals surface area (Å²) in [6.45, 7) is 7.31. The summed E-state index contributed by atoms with van der Waals surface area (Å²) in [5.74, 6) is 0.804. The van der Waals surface area contributed by atoms with E-state index in [0.717, 1.165) is 30.5 Å². The van der Waals surface area contributed by atoms with E-state index < -0.39 is 0 Å². The molecule has 4 rings (SSSR count). The van der Waals surface area contributed by atoms with Crippen LogP contribution >= 0.6 is 0 Å². The molecule has 1 aromatic carbocycles. The van der Waals surface area contributed by atoms with Gasteiger partial charge >= 0.3 is 0 Å². The van der Waals surface area contributed by atoms with Crippen molar-refractivity contribution in [3.8, 4) is 5.69 Å². The third kappa shape index (κ3) is 3.68. The van der Waals surface area contributed by atoms with Crippen LogP contribution in [0.4, 0.5) is 0 Å². The van der Waals surface area contributed by atoms with Crippen molar-refractivity contribution < 1.29 is 4.79 Å². The molecule has 1 saturated heterocycles. The first-order valence-corrected chi connectivity index (χ1v) is 9.79. The highest BCUT2D eigenvalue weighted by molar-refractivity contribution is 5.92. The second kappa shape index (κ2) is 7.23. The summed E-state index contributed by atoms with van der Waals surface area (Å²) in [5, 5.41) is 7.70. The van der Waals surface area contributed by atoms with Gasteiger partial charge in [0.05, 0.1) is 5.69 Å². The number of likely N-dealkylation sites (tertiary alicyclic amines) is 1. The van der Waals surface area contributed by atoms with Gasteiger partial charge in [-0.15, -0.1) is 0 Å². The molecule has 2 aliphatic rings. The molecular weight excluding hydrogens is 324 g/mol. The Labute approximate surface area is 155 Å². The second-order valence-corrected chi connectivity index (χ2v) is 7.95. The second-order valence-electron chi connectivity index (χ2n) is 7.95. The van der Waals surface area contributed by atoms with Crippen molar-refractivity contribution in [3.05, 3.63) is 47.8 Å².